The van der Waals surface area contributed by atoms with Crippen LogP contribution < -0.4 is 5.73 Å². The molecule has 1 atom stereocenters. The van der Waals surface area contributed by atoms with Crippen LogP contribution in [0.25, 0.3) is 0 Å². The van der Waals surface area contributed by atoms with Crippen molar-refractivity contribution < 1.29 is 4.79 Å². The molecule has 1 aromatic carbocycles. The fourth-order valence-corrected chi connectivity index (χ4v) is 1.89. The van der Waals surface area contributed by atoms with E-state index in [9.17, 15) is 4.79 Å². The van der Waals surface area contributed by atoms with Crippen molar-refractivity contribution in [2.24, 2.45) is 5.92 Å². The molecule has 2 N–H and O–H groups in total. The van der Waals surface area contributed by atoms with E-state index in [0.29, 0.717) is 12.3 Å². The first-order chi connectivity index (χ1) is 8.54. The van der Waals surface area contributed by atoms with Gasteiger partial charge in [-0.2, -0.15) is 0 Å². The van der Waals surface area contributed by atoms with Crippen LogP contribution in [0, 0.1) is 5.92 Å². The number of para-hydroxylation sites is 1. The lowest BCUT2D eigenvalue weighted by Gasteiger charge is -2.21. The fourth-order valence-electron chi connectivity index (χ4n) is 1.89. The van der Waals surface area contributed by atoms with E-state index in [1.807, 2.05) is 36.2 Å². The first-order valence-corrected chi connectivity index (χ1v) is 6.62. The van der Waals surface area contributed by atoms with E-state index < -0.39 is 0 Å². The van der Waals surface area contributed by atoms with E-state index in [1.54, 1.807) is 0 Å². The lowest BCUT2D eigenvalue weighted by Crippen LogP contribution is -2.31. The molecule has 0 spiro atoms. The molecule has 0 fully saturated rings. The number of carbonyl (C=O) groups excluding carboxylic acids is 1. The zero-order valence-electron chi connectivity index (χ0n) is 11.6. The topological polar surface area (TPSA) is 46.3 Å². The average molecular weight is 248 g/mol. The molecule has 0 aliphatic carbocycles. The normalized spacial score (nSPS) is 12.2. The molecule has 1 amide bonds. The van der Waals surface area contributed by atoms with Crippen LogP contribution in [0.1, 0.15) is 32.3 Å². The highest BCUT2D eigenvalue weighted by Crippen LogP contribution is 2.13. The number of rotatable bonds is 6. The van der Waals surface area contributed by atoms with Crippen molar-refractivity contribution >= 4 is 11.6 Å². The number of hydrogen-bond donors (Lipinski definition) is 1. The summed E-state index contributed by atoms with van der Waals surface area (Å²) < 4.78 is 0. The molecule has 0 heterocycles. The largest absolute Gasteiger partial charge is 0.399 e. The Labute approximate surface area is 110 Å². The summed E-state index contributed by atoms with van der Waals surface area (Å²) in [5.74, 6) is 0.749. The number of nitrogens with zero attached hydrogens (tertiary/aromatic N) is 1. The molecule has 0 saturated heterocycles. The van der Waals surface area contributed by atoms with Gasteiger partial charge in [-0.25, -0.2) is 0 Å². The predicted octanol–water partition coefficient (Wildman–Crippen LogP) is 2.71. The molecule has 0 aliphatic rings. The molecule has 0 radical (unpaired) electrons. The van der Waals surface area contributed by atoms with E-state index in [0.717, 1.165) is 30.6 Å². The van der Waals surface area contributed by atoms with Gasteiger partial charge in [-0.3, -0.25) is 4.79 Å². The second-order valence-corrected chi connectivity index (χ2v) is 4.99. The van der Waals surface area contributed by atoms with Gasteiger partial charge in [0.1, 0.15) is 0 Å². The molecule has 3 nitrogen and oxygen atoms in total. The van der Waals surface area contributed by atoms with Gasteiger partial charge in [0.25, 0.3) is 0 Å². The standard InChI is InChI=1S/C15H24N2O/c1-4-12(2)11-17(3)15(18)10-9-13-7-5-6-8-14(13)16/h5-8,12H,4,9-11,16H2,1-3H3. The van der Waals surface area contributed by atoms with Gasteiger partial charge in [-0.1, -0.05) is 38.5 Å². The van der Waals surface area contributed by atoms with Gasteiger partial charge < -0.3 is 10.6 Å². The van der Waals surface area contributed by atoms with Gasteiger partial charge in [-0.15, -0.1) is 0 Å². The van der Waals surface area contributed by atoms with Crippen LogP contribution >= 0.6 is 0 Å². The van der Waals surface area contributed by atoms with E-state index in [4.69, 9.17) is 5.73 Å². The smallest absolute Gasteiger partial charge is 0.222 e. The van der Waals surface area contributed by atoms with E-state index >= 15 is 0 Å². The Morgan fingerprint density at radius 1 is 1.39 bits per heavy atom. The maximum absolute atomic E-state index is 12.0. The minimum Gasteiger partial charge on any atom is -0.399 e. The zero-order valence-corrected chi connectivity index (χ0v) is 11.6. The van der Waals surface area contributed by atoms with Crippen molar-refractivity contribution in [3.05, 3.63) is 29.8 Å². The third-order valence-corrected chi connectivity index (χ3v) is 3.37. The van der Waals surface area contributed by atoms with E-state index in [2.05, 4.69) is 13.8 Å². The number of anilines is 1. The molecule has 0 bridgehead atoms. The van der Waals surface area contributed by atoms with Gasteiger partial charge >= 0.3 is 0 Å². The third-order valence-electron chi connectivity index (χ3n) is 3.37. The Kier molecular flexibility index (Phi) is 5.69. The highest BCUT2D eigenvalue weighted by atomic mass is 16.2. The third kappa shape index (κ3) is 4.40. The first kappa shape index (κ1) is 14.6. The van der Waals surface area contributed by atoms with Crippen molar-refractivity contribution in [3.63, 3.8) is 0 Å². The molecule has 0 aliphatic heterocycles. The van der Waals surface area contributed by atoms with Crippen molar-refractivity contribution in [1.29, 1.82) is 0 Å². The monoisotopic (exact) mass is 248 g/mol. The lowest BCUT2D eigenvalue weighted by atomic mass is 10.1. The Bertz CT molecular complexity index is 390. The number of benzene rings is 1. The first-order valence-electron chi connectivity index (χ1n) is 6.62. The van der Waals surface area contributed by atoms with Gasteiger partial charge in [0.2, 0.25) is 5.91 Å². The summed E-state index contributed by atoms with van der Waals surface area (Å²) in [7, 11) is 1.88. The van der Waals surface area contributed by atoms with Crippen LogP contribution in [0.4, 0.5) is 5.69 Å². The van der Waals surface area contributed by atoms with Crippen molar-refractivity contribution in [3.8, 4) is 0 Å². The minimum atomic E-state index is 0.193. The summed E-state index contributed by atoms with van der Waals surface area (Å²) in [5, 5.41) is 0. The van der Waals surface area contributed by atoms with Crippen LogP contribution in [0.2, 0.25) is 0 Å². The molecular formula is C15H24N2O. The fraction of sp³-hybridized carbons (Fsp3) is 0.533. The summed E-state index contributed by atoms with van der Waals surface area (Å²) in [6, 6.07) is 7.73. The SMILES string of the molecule is CCC(C)CN(C)C(=O)CCc1ccccc1N. The van der Waals surface area contributed by atoms with E-state index in [1.165, 1.54) is 0 Å². The van der Waals surface area contributed by atoms with Crippen LogP contribution in [-0.2, 0) is 11.2 Å². The highest BCUT2D eigenvalue weighted by Gasteiger charge is 2.11. The van der Waals surface area contributed by atoms with Crippen LogP contribution in [-0.4, -0.2) is 24.4 Å². The Morgan fingerprint density at radius 3 is 2.67 bits per heavy atom. The molecule has 1 aromatic rings. The highest BCUT2D eigenvalue weighted by molar-refractivity contribution is 5.76. The molecule has 3 heteroatoms. The predicted molar refractivity (Wildman–Crippen MR) is 76.3 cm³/mol. The Morgan fingerprint density at radius 2 is 2.06 bits per heavy atom. The number of aryl methyl sites for hydroxylation is 1. The Balaban J connectivity index is 2.44. The molecule has 1 rings (SSSR count). The molecule has 0 saturated carbocycles. The molecule has 18 heavy (non-hydrogen) atoms. The second kappa shape index (κ2) is 7.04. The van der Waals surface area contributed by atoms with E-state index in [-0.39, 0.29) is 5.91 Å². The summed E-state index contributed by atoms with van der Waals surface area (Å²) in [6.45, 7) is 5.15. The van der Waals surface area contributed by atoms with Gasteiger partial charge in [-0.05, 0) is 24.0 Å². The molecular weight excluding hydrogens is 224 g/mol. The number of hydrogen-bond acceptors (Lipinski definition) is 2. The number of amides is 1. The second-order valence-electron chi connectivity index (χ2n) is 4.99. The quantitative estimate of drug-likeness (QED) is 0.787. The maximum atomic E-state index is 12.0. The number of carbonyl (C=O) groups is 1. The zero-order chi connectivity index (χ0) is 13.5. The van der Waals surface area contributed by atoms with Crippen LogP contribution in [0.5, 0.6) is 0 Å². The maximum Gasteiger partial charge on any atom is 0.222 e. The summed E-state index contributed by atoms with van der Waals surface area (Å²) >= 11 is 0. The van der Waals surface area contributed by atoms with Gasteiger partial charge in [0, 0.05) is 25.7 Å². The number of nitrogens with two attached hydrogens (primary N) is 1. The van der Waals surface area contributed by atoms with Crippen LogP contribution in [0.15, 0.2) is 24.3 Å². The summed E-state index contributed by atoms with van der Waals surface area (Å²) in [5.41, 5.74) is 7.69. The van der Waals surface area contributed by atoms with Gasteiger partial charge in [0.15, 0.2) is 0 Å². The number of nitrogen functional groups attached to an aromatic ring is 1. The van der Waals surface area contributed by atoms with Gasteiger partial charge in [0.05, 0.1) is 0 Å². The average Bonchev–Trinajstić information content (AvgIpc) is 2.37. The van der Waals surface area contributed by atoms with Crippen molar-refractivity contribution in [1.82, 2.24) is 4.90 Å². The molecule has 0 aromatic heterocycles. The summed E-state index contributed by atoms with van der Waals surface area (Å²) in [4.78, 5) is 13.8. The van der Waals surface area contributed by atoms with Crippen molar-refractivity contribution in [2.45, 2.75) is 33.1 Å². The minimum absolute atomic E-state index is 0.193. The summed E-state index contributed by atoms with van der Waals surface area (Å²) in [6.07, 6.45) is 2.35. The Hall–Kier alpha value is -1.51. The van der Waals surface area contributed by atoms with Crippen LogP contribution in [0.3, 0.4) is 0 Å². The van der Waals surface area contributed by atoms with Crippen molar-refractivity contribution in [2.75, 3.05) is 19.3 Å². The molecule has 100 valence electrons. The lowest BCUT2D eigenvalue weighted by molar-refractivity contribution is -0.130. The molecule has 1 unspecified atom stereocenters.